The number of aromatic amines is 1. The van der Waals surface area contributed by atoms with Gasteiger partial charge in [-0.25, -0.2) is 10.5 Å². The maximum atomic E-state index is 13.3. The number of hydrazone groups is 1. The van der Waals surface area contributed by atoms with Crippen LogP contribution in [0.2, 0.25) is 0 Å². The Morgan fingerprint density at radius 1 is 0.821 bits per heavy atom. The minimum absolute atomic E-state index is 0.181. The second kappa shape index (κ2) is 11.7. The van der Waals surface area contributed by atoms with Gasteiger partial charge >= 0.3 is 0 Å². The van der Waals surface area contributed by atoms with E-state index in [0.29, 0.717) is 33.4 Å². The second-order valence-electron chi connectivity index (χ2n) is 8.48. The molecule has 0 spiro atoms. The number of hydrogen-bond donors (Lipinski definition) is 3. The quantitative estimate of drug-likeness (QED) is 0.209. The molecular formula is C30H23N5O4. The molecule has 39 heavy (non-hydrogen) atoms. The second-order valence-corrected chi connectivity index (χ2v) is 8.48. The van der Waals surface area contributed by atoms with Crippen LogP contribution in [-0.2, 0) is 4.79 Å². The van der Waals surface area contributed by atoms with E-state index in [1.165, 1.54) is 6.21 Å². The fraction of sp³-hybridized carbons (Fsp3) is 0.0333. The Morgan fingerprint density at radius 3 is 2.26 bits per heavy atom. The lowest BCUT2D eigenvalue weighted by Gasteiger charge is -2.18. The summed E-state index contributed by atoms with van der Waals surface area (Å²) in [4.78, 5) is 38.6. The van der Waals surface area contributed by atoms with E-state index in [0.717, 1.165) is 0 Å². The van der Waals surface area contributed by atoms with Crippen molar-refractivity contribution in [3.8, 4) is 11.5 Å². The van der Waals surface area contributed by atoms with Crippen LogP contribution >= 0.6 is 0 Å². The van der Waals surface area contributed by atoms with E-state index in [1.54, 1.807) is 72.8 Å². The summed E-state index contributed by atoms with van der Waals surface area (Å²) < 4.78 is 5.85. The summed E-state index contributed by atoms with van der Waals surface area (Å²) in [6, 6.07) is 30.5. The molecule has 192 valence electrons. The fourth-order valence-corrected chi connectivity index (χ4v) is 3.94. The highest BCUT2D eigenvalue weighted by atomic mass is 16.5. The van der Waals surface area contributed by atoms with Gasteiger partial charge in [0.05, 0.1) is 11.6 Å². The molecule has 0 aliphatic rings. The molecule has 0 unspecified atom stereocenters. The molecule has 0 saturated carbocycles. The highest BCUT2D eigenvalue weighted by Gasteiger charge is 2.27. The van der Waals surface area contributed by atoms with Crippen LogP contribution < -0.4 is 21.0 Å². The van der Waals surface area contributed by atoms with Crippen LogP contribution in [0, 0.1) is 0 Å². The van der Waals surface area contributed by atoms with E-state index in [2.05, 4.69) is 26.0 Å². The highest BCUT2D eigenvalue weighted by Crippen LogP contribution is 2.22. The number of aromatic nitrogens is 2. The first-order valence-corrected chi connectivity index (χ1v) is 12.1. The number of hydrogen-bond acceptors (Lipinski definition) is 6. The largest absolute Gasteiger partial charge is 0.457 e. The average Bonchev–Trinajstić information content (AvgIpc) is 2.97. The number of carbonyl (C=O) groups is 2. The molecule has 0 fully saturated rings. The van der Waals surface area contributed by atoms with Crippen molar-refractivity contribution >= 4 is 28.8 Å². The van der Waals surface area contributed by atoms with Gasteiger partial charge in [-0.1, -0.05) is 66.7 Å². The third-order valence-corrected chi connectivity index (χ3v) is 5.80. The first-order valence-electron chi connectivity index (χ1n) is 12.1. The molecule has 2 amide bonds. The molecule has 5 rings (SSSR count). The average molecular weight is 518 g/mol. The number of nitrogens with one attached hydrogen (secondary N) is 3. The van der Waals surface area contributed by atoms with Crippen LogP contribution in [0.15, 0.2) is 119 Å². The summed E-state index contributed by atoms with van der Waals surface area (Å²) in [5.41, 5.74) is 3.30. The highest BCUT2D eigenvalue weighted by molar-refractivity contribution is 5.99. The van der Waals surface area contributed by atoms with Crippen molar-refractivity contribution in [2.75, 3.05) is 0 Å². The molecule has 1 aromatic heterocycles. The number of ether oxygens (including phenoxy) is 1. The monoisotopic (exact) mass is 517 g/mol. The smallest absolute Gasteiger partial charge is 0.272 e. The summed E-state index contributed by atoms with van der Waals surface area (Å²) in [6.07, 6.45) is 1.46. The Bertz CT molecular complexity index is 1700. The van der Waals surface area contributed by atoms with Crippen molar-refractivity contribution in [3.05, 3.63) is 136 Å². The summed E-state index contributed by atoms with van der Waals surface area (Å²) in [6.45, 7) is 0. The number of fused-ring (bicyclic) bond motifs is 1. The Balaban J connectivity index is 1.39. The van der Waals surface area contributed by atoms with E-state index >= 15 is 0 Å². The zero-order valence-electron chi connectivity index (χ0n) is 20.6. The van der Waals surface area contributed by atoms with Crippen molar-refractivity contribution < 1.29 is 14.3 Å². The normalized spacial score (nSPS) is 11.7. The van der Waals surface area contributed by atoms with Crippen LogP contribution in [-0.4, -0.2) is 28.2 Å². The molecule has 0 radical (unpaired) electrons. The zero-order chi connectivity index (χ0) is 27.0. The third kappa shape index (κ3) is 6.05. The molecule has 0 saturated heterocycles. The lowest BCUT2D eigenvalue weighted by Crippen LogP contribution is -2.40. The van der Waals surface area contributed by atoms with Crippen LogP contribution in [0.1, 0.15) is 27.7 Å². The van der Waals surface area contributed by atoms with Gasteiger partial charge in [-0.05, 0) is 48.0 Å². The molecule has 5 aromatic rings. The Hall–Kier alpha value is -5.57. The number of para-hydroxylation sites is 1. The molecule has 0 aliphatic carbocycles. The topological polar surface area (TPSA) is 126 Å². The summed E-state index contributed by atoms with van der Waals surface area (Å²) in [7, 11) is 0. The van der Waals surface area contributed by atoms with Gasteiger partial charge < -0.3 is 10.1 Å². The van der Waals surface area contributed by atoms with Crippen LogP contribution in [0.3, 0.4) is 0 Å². The standard InChI is InChI=1S/C30H23N5O4/c36-28(21-11-3-1-4-12-21)32-27(26-24-16-7-8-17-25(24)29(37)35-33-26)30(38)34-31-19-20-10-9-15-23(18-20)39-22-13-5-2-6-14-22/h1-19,27H,(H,32,36)(H,34,38)(H,35,37)/t27-/m1/s1. The van der Waals surface area contributed by atoms with Gasteiger partial charge in [0.25, 0.3) is 17.4 Å². The van der Waals surface area contributed by atoms with Crippen molar-refractivity contribution in [1.82, 2.24) is 20.9 Å². The van der Waals surface area contributed by atoms with Crippen LogP contribution in [0.5, 0.6) is 11.5 Å². The van der Waals surface area contributed by atoms with Gasteiger partial charge in [0.1, 0.15) is 17.2 Å². The van der Waals surface area contributed by atoms with E-state index in [1.807, 2.05) is 36.4 Å². The van der Waals surface area contributed by atoms with E-state index in [-0.39, 0.29) is 5.69 Å². The number of carbonyl (C=O) groups excluding carboxylic acids is 2. The van der Waals surface area contributed by atoms with E-state index in [4.69, 9.17) is 4.74 Å². The SMILES string of the molecule is O=C(N[C@@H](C(=O)NN=Cc1cccc(Oc2ccccc2)c1)c1n[nH]c(=O)c2ccccc12)c1ccccc1. The van der Waals surface area contributed by atoms with Crippen molar-refractivity contribution in [2.24, 2.45) is 5.10 Å². The lowest BCUT2D eigenvalue weighted by molar-refractivity contribution is -0.123. The Labute approximate surface area is 223 Å². The van der Waals surface area contributed by atoms with E-state index < -0.39 is 23.4 Å². The third-order valence-electron chi connectivity index (χ3n) is 5.80. The summed E-state index contributed by atoms with van der Waals surface area (Å²) in [5, 5.41) is 14.1. The zero-order valence-corrected chi connectivity index (χ0v) is 20.6. The minimum atomic E-state index is -1.25. The predicted molar refractivity (Wildman–Crippen MR) is 148 cm³/mol. The number of benzene rings is 4. The van der Waals surface area contributed by atoms with Gasteiger partial charge in [-0.15, -0.1) is 0 Å². The van der Waals surface area contributed by atoms with E-state index in [9.17, 15) is 14.4 Å². The van der Waals surface area contributed by atoms with Gasteiger partial charge in [0.15, 0.2) is 6.04 Å². The molecule has 0 aliphatic heterocycles. The summed E-state index contributed by atoms with van der Waals surface area (Å²) in [5.74, 6) is 0.172. The maximum Gasteiger partial charge on any atom is 0.272 e. The molecule has 1 heterocycles. The van der Waals surface area contributed by atoms with Gasteiger partial charge in [0, 0.05) is 10.9 Å². The predicted octanol–water partition coefficient (Wildman–Crippen LogP) is 4.34. The molecular weight excluding hydrogens is 494 g/mol. The van der Waals surface area contributed by atoms with Crippen molar-refractivity contribution in [3.63, 3.8) is 0 Å². The van der Waals surface area contributed by atoms with Gasteiger partial charge in [0.2, 0.25) is 0 Å². The first-order chi connectivity index (χ1) is 19.1. The van der Waals surface area contributed by atoms with Gasteiger partial charge in [-0.3, -0.25) is 14.4 Å². The summed E-state index contributed by atoms with van der Waals surface area (Å²) >= 11 is 0. The number of nitrogens with zero attached hydrogens (tertiary/aromatic N) is 2. The lowest BCUT2D eigenvalue weighted by atomic mass is 10.0. The Kier molecular flexibility index (Phi) is 7.50. The minimum Gasteiger partial charge on any atom is -0.457 e. The molecule has 9 nitrogen and oxygen atoms in total. The fourth-order valence-electron chi connectivity index (χ4n) is 3.94. The van der Waals surface area contributed by atoms with Crippen LogP contribution in [0.4, 0.5) is 0 Å². The first kappa shape index (κ1) is 25.1. The number of amides is 2. The number of H-pyrrole nitrogens is 1. The van der Waals surface area contributed by atoms with Gasteiger partial charge in [-0.2, -0.15) is 10.2 Å². The Morgan fingerprint density at radius 2 is 1.49 bits per heavy atom. The molecule has 9 heteroatoms. The molecule has 4 aromatic carbocycles. The van der Waals surface area contributed by atoms with Crippen molar-refractivity contribution in [1.29, 1.82) is 0 Å². The number of rotatable bonds is 8. The molecule has 3 N–H and O–H groups in total. The molecule has 0 bridgehead atoms. The van der Waals surface area contributed by atoms with Crippen molar-refractivity contribution in [2.45, 2.75) is 6.04 Å². The maximum absolute atomic E-state index is 13.3. The van der Waals surface area contributed by atoms with Crippen LogP contribution in [0.25, 0.3) is 10.8 Å². The molecule has 1 atom stereocenters.